The molecule has 0 aliphatic rings. The topological polar surface area (TPSA) is 30.9 Å². The molecule has 0 aromatic carbocycles. The summed E-state index contributed by atoms with van der Waals surface area (Å²) in [7, 11) is 1.93. The Bertz CT molecular complexity index is 248. The number of nitrogens with zero attached hydrogens (tertiary/aromatic N) is 1. The van der Waals surface area contributed by atoms with Gasteiger partial charge in [0.2, 0.25) is 0 Å². The Kier molecular flexibility index (Phi) is 2.00. The van der Waals surface area contributed by atoms with Crippen LogP contribution in [0.15, 0.2) is 5.38 Å². The van der Waals surface area contributed by atoms with E-state index < -0.39 is 0 Å². The summed E-state index contributed by atoms with van der Waals surface area (Å²) in [5.74, 6) is 0. The summed E-state index contributed by atoms with van der Waals surface area (Å²) in [5, 5.41) is 1.99. The summed E-state index contributed by atoms with van der Waals surface area (Å²) in [6.45, 7) is 0.573. The van der Waals surface area contributed by atoms with Gasteiger partial charge in [-0.3, -0.25) is 0 Å². The predicted molar refractivity (Wildman–Crippen MR) is 42.0 cm³/mol. The van der Waals surface area contributed by atoms with Gasteiger partial charge in [-0.05, 0) is 12.2 Å². The quantitative estimate of drug-likeness (QED) is 0.627. The lowest BCUT2D eigenvalue weighted by molar-refractivity contribution is 0.817. The van der Waals surface area contributed by atoms with Gasteiger partial charge in [0, 0.05) is 24.7 Å². The van der Waals surface area contributed by atoms with Crippen molar-refractivity contribution in [1.82, 2.24) is 4.57 Å². The highest BCUT2D eigenvalue weighted by Gasteiger charge is 1.94. The first-order chi connectivity index (χ1) is 4.25. The molecule has 0 radical (unpaired) electrons. The number of rotatable bonds is 1. The molecule has 50 valence electrons. The van der Waals surface area contributed by atoms with Crippen molar-refractivity contribution in [3.63, 3.8) is 0 Å². The highest BCUT2D eigenvalue weighted by atomic mass is 32.1. The van der Waals surface area contributed by atoms with Crippen LogP contribution in [0.25, 0.3) is 0 Å². The Morgan fingerprint density at radius 2 is 2.56 bits per heavy atom. The van der Waals surface area contributed by atoms with Crippen molar-refractivity contribution < 1.29 is 0 Å². The second-order valence-electron chi connectivity index (χ2n) is 1.76. The van der Waals surface area contributed by atoms with E-state index in [-0.39, 0.29) is 0 Å². The monoisotopic (exact) mass is 160 g/mol. The van der Waals surface area contributed by atoms with E-state index in [2.05, 4.69) is 0 Å². The molecule has 0 spiro atoms. The summed E-state index contributed by atoms with van der Waals surface area (Å²) in [6, 6.07) is 0. The van der Waals surface area contributed by atoms with E-state index in [9.17, 15) is 0 Å². The normalized spacial score (nSPS) is 10.0. The molecular weight excluding hydrogens is 152 g/mol. The Labute approximate surface area is 62.9 Å². The van der Waals surface area contributed by atoms with Crippen LogP contribution in [0.5, 0.6) is 0 Å². The Morgan fingerprint density at radius 1 is 1.89 bits per heavy atom. The molecule has 0 atom stereocenters. The lowest BCUT2D eigenvalue weighted by atomic mass is 10.5. The molecule has 1 rings (SSSR count). The lowest BCUT2D eigenvalue weighted by Crippen LogP contribution is -2.02. The van der Waals surface area contributed by atoms with E-state index in [1.54, 1.807) is 11.3 Å². The highest BCUT2D eigenvalue weighted by molar-refractivity contribution is 7.73. The molecule has 0 bridgehead atoms. The Hall–Kier alpha value is -0.190. The van der Waals surface area contributed by atoms with Crippen LogP contribution in [0.1, 0.15) is 5.69 Å². The van der Waals surface area contributed by atoms with Gasteiger partial charge in [-0.25, -0.2) is 0 Å². The highest BCUT2D eigenvalue weighted by Crippen LogP contribution is 2.06. The van der Waals surface area contributed by atoms with Crippen molar-refractivity contribution >= 4 is 23.6 Å². The first-order valence-corrected chi connectivity index (χ1v) is 3.88. The standard InChI is InChI=1S/C5H8N2S2/c1-7-4(2-6)3-9-5(7)8/h3H,2,6H2,1H3. The fraction of sp³-hybridized carbons (Fsp3) is 0.400. The maximum Gasteiger partial charge on any atom is 0.161 e. The maximum atomic E-state index is 5.40. The van der Waals surface area contributed by atoms with Crippen molar-refractivity contribution in [2.24, 2.45) is 12.8 Å². The van der Waals surface area contributed by atoms with E-state index in [0.29, 0.717) is 6.54 Å². The van der Waals surface area contributed by atoms with Crippen LogP contribution in [0, 0.1) is 3.95 Å². The van der Waals surface area contributed by atoms with Gasteiger partial charge in [0.25, 0.3) is 0 Å². The van der Waals surface area contributed by atoms with E-state index >= 15 is 0 Å². The molecule has 0 saturated carbocycles. The Morgan fingerprint density at radius 3 is 2.78 bits per heavy atom. The smallest absolute Gasteiger partial charge is 0.161 e. The largest absolute Gasteiger partial charge is 0.329 e. The molecule has 9 heavy (non-hydrogen) atoms. The molecule has 2 N–H and O–H groups in total. The zero-order chi connectivity index (χ0) is 6.85. The van der Waals surface area contributed by atoms with Crippen molar-refractivity contribution in [2.45, 2.75) is 6.54 Å². The first-order valence-electron chi connectivity index (χ1n) is 2.59. The summed E-state index contributed by atoms with van der Waals surface area (Å²) < 4.78 is 2.82. The van der Waals surface area contributed by atoms with Crippen LogP contribution < -0.4 is 5.73 Å². The average molecular weight is 160 g/mol. The predicted octanol–water partition coefficient (Wildman–Crippen LogP) is 1.27. The summed E-state index contributed by atoms with van der Waals surface area (Å²) in [4.78, 5) is 0. The number of thiazole rings is 1. The van der Waals surface area contributed by atoms with E-state index in [0.717, 1.165) is 9.65 Å². The number of nitrogens with two attached hydrogens (primary N) is 1. The van der Waals surface area contributed by atoms with Gasteiger partial charge >= 0.3 is 0 Å². The molecule has 4 heteroatoms. The molecule has 0 aliphatic carbocycles. The minimum absolute atomic E-state index is 0.573. The fourth-order valence-electron chi connectivity index (χ4n) is 0.579. The maximum absolute atomic E-state index is 5.40. The first kappa shape index (κ1) is 6.92. The zero-order valence-electron chi connectivity index (χ0n) is 5.13. The van der Waals surface area contributed by atoms with Crippen molar-refractivity contribution in [1.29, 1.82) is 0 Å². The molecule has 0 amide bonds. The molecule has 2 nitrogen and oxygen atoms in total. The molecular formula is C5H8N2S2. The van der Waals surface area contributed by atoms with Crippen LogP contribution in [0.2, 0.25) is 0 Å². The van der Waals surface area contributed by atoms with Gasteiger partial charge in [0.15, 0.2) is 3.95 Å². The van der Waals surface area contributed by atoms with Crippen molar-refractivity contribution in [3.05, 3.63) is 15.0 Å². The Balaban J connectivity index is 3.20. The van der Waals surface area contributed by atoms with Gasteiger partial charge in [-0.15, -0.1) is 11.3 Å². The van der Waals surface area contributed by atoms with E-state index in [1.165, 1.54) is 0 Å². The second-order valence-corrected chi connectivity index (χ2v) is 3.26. The average Bonchev–Trinajstić information content (AvgIpc) is 2.15. The summed E-state index contributed by atoms with van der Waals surface area (Å²) in [5.41, 5.74) is 6.51. The SMILES string of the molecule is Cn1c(CN)csc1=S. The third-order valence-corrected chi connectivity index (χ3v) is 2.64. The van der Waals surface area contributed by atoms with Crippen LogP contribution in [-0.2, 0) is 13.6 Å². The zero-order valence-corrected chi connectivity index (χ0v) is 6.76. The molecule has 0 saturated heterocycles. The van der Waals surface area contributed by atoms with Gasteiger partial charge in [-0.1, -0.05) is 0 Å². The van der Waals surface area contributed by atoms with Gasteiger partial charge in [0.1, 0.15) is 0 Å². The van der Waals surface area contributed by atoms with Crippen molar-refractivity contribution in [2.75, 3.05) is 0 Å². The minimum Gasteiger partial charge on any atom is -0.329 e. The van der Waals surface area contributed by atoms with Gasteiger partial charge < -0.3 is 10.3 Å². The molecule has 0 unspecified atom stereocenters. The van der Waals surface area contributed by atoms with Crippen LogP contribution >= 0.6 is 23.6 Å². The van der Waals surface area contributed by atoms with Gasteiger partial charge in [-0.2, -0.15) is 0 Å². The molecule has 0 aliphatic heterocycles. The number of aromatic nitrogens is 1. The number of hydrogen-bond donors (Lipinski definition) is 1. The third-order valence-electron chi connectivity index (χ3n) is 1.21. The summed E-state index contributed by atoms with van der Waals surface area (Å²) >= 11 is 6.52. The van der Waals surface area contributed by atoms with Crippen LogP contribution in [-0.4, -0.2) is 4.57 Å². The minimum atomic E-state index is 0.573. The van der Waals surface area contributed by atoms with E-state index in [4.69, 9.17) is 18.0 Å². The summed E-state index contributed by atoms with van der Waals surface area (Å²) in [6.07, 6.45) is 0. The number of hydrogen-bond acceptors (Lipinski definition) is 3. The van der Waals surface area contributed by atoms with Gasteiger partial charge in [0.05, 0.1) is 0 Å². The van der Waals surface area contributed by atoms with Crippen molar-refractivity contribution in [3.8, 4) is 0 Å². The second kappa shape index (κ2) is 2.60. The fourth-order valence-corrected chi connectivity index (χ4v) is 1.61. The van der Waals surface area contributed by atoms with Crippen LogP contribution in [0.3, 0.4) is 0 Å². The molecule has 1 aromatic heterocycles. The molecule has 1 aromatic rings. The molecule has 0 fully saturated rings. The molecule has 1 heterocycles. The van der Waals surface area contributed by atoms with E-state index in [1.807, 2.05) is 17.0 Å². The lowest BCUT2D eigenvalue weighted by Gasteiger charge is -1.94. The third kappa shape index (κ3) is 1.20. The van der Waals surface area contributed by atoms with Crippen LogP contribution in [0.4, 0.5) is 0 Å².